The molecular formula is C16H24N2O3. The summed E-state index contributed by atoms with van der Waals surface area (Å²) in [5, 5.41) is 12.4. The van der Waals surface area contributed by atoms with Gasteiger partial charge in [0.15, 0.2) is 0 Å². The van der Waals surface area contributed by atoms with Crippen LogP contribution in [0.5, 0.6) is 5.75 Å². The number of para-hydroxylation sites is 1. The van der Waals surface area contributed by atoms with Crippen LogP contribution in [0.1, 0.15) is 30.1 Å². The van der Waals surface area contributed by atoms with Gasteiger partial charge in [0.25, 0.3) is 0 Å². The molecule has 116 valence electrons. The highest BCUT2D eigenvalue weighted by atomic mass is 16.5. The Kier molecular flexibility index (Phi) is 6.02. The smallest absolute Gasteiger partial charge is 0.339 e. The lowest BCUT2D eigenvalue weighted by Crippen LogP contribution is -2.35. The summed E-state index contributed by atoms with van der Waals surface area (Å²) >= 11 is 0. The van der Waals surface area contributed by atoms with E-state index in [-0.39, 0.29) is 5.56 Å². The first-order valence-corrected chi connectivity index (χ1v) is 7.62. The van der Waals surface area contributed by atoms with E-state index in [9.17, 15) is 4.79 Å². The summed E-state index contributed by atoms with van der Waals surface area (Å²) in [5.74, 6) is -0.526. The Hall–Kier alpha value is -1.59. The zero-order valence-electron chi connectivity index (χ0n) is 12.5. The number of likely N-dealkylation sites (N-methyl/N-ethyl adjacent to an activating group) is 1. The second-order valence-electron chi connectivity index (χ2n) is 5.26. The molecule has 0 heterocycles. The molecule has 0 amide bonds. The van der Waals surface area contributed by atoms with Gasteiger partial charge in [0.2, 0.25) is 0 Å². The van der Waals surface area contributed by atoms with E-state index in [4.69, 9.17) is 9.84 Å². The SMILES string of the molecule is CCN(CCNCCOc1ccccc1C(=O)O)C1CC1. The van der Waals surface area contributed by atoms with Crippen LogP contribution in [0.15, 0.2) is 24.3 Å². The van der Waals surface area contributed by atoms with Crippen molar-refractivity contribution in [1.29, 1.82) is 0 Å². The summed E-state index contributed by atoms with van der Waals surface area (Å²) in [4.78, 5) is 13.5. The number of carboxylic acids is 1. The van der Waals surface area contributed by atoms with E-state index in [0.717, 1.165) is 32.2 Å². The van der Waals surface area contributed by atoms with Crippen LogP contribution in [-0.2, 0) is 0 Å². The van der Waals surface area contributed by atoms with Gasteiger partial charge in [0.05, 0.1) is 0 Å². The fourth-order valence-electron chi connectivity index (χ4n) is 2.39. The minimum absolute atomic E-state index is 0.211. The van der Waals surface area contributed by atoms with E-state index in [2.05, 4.69) is 17.1 Å². The van der Waals surface area contributed by atoms with Crippen LogP contribution >= 0.6 is 0 Å². The molecular weight excluding hydrogens is 268 g/mol. The summed E-state index contributed by atoms with van der Waals surface area (Å²) in [6.07, 6.45) is 2.67. The second kappa shape index (κ2) is 8.00. The molecule has 21 heavy (non-hydrogen) atoms. The van der Waals surface area contributed by atoms with Crippen molar-refractivity contribution in [2.24, 2.45) is 0 Å². The fraction of sp³-hybridized carbons (Fsp3) is 0.562. The topological polar surface area (TPSA) is 61.8 Å². The quantitative estimate of drug-likeness (QED) is 0.644. The van der Waals surface area contributed by atoms with Crippen molar-refractivity contribution < 1.29 is 14.6 Å². The van der Waals surface area contributed by atoms with E-state index in [0.29, 0.717) is 12.4 Å². The molecule has 0 unspecified atom stereocenters. The van der Waals surface area contributed by atoms with Crippen LogP contribution in [0.3, 0.4) is 0 Å². The van der Waals surface area contributed by atoms with Crippen LogP contribution in [0.4, 0.5) is 0 Å². The molecule has 5 heteroatoms. The van der Waals surface area contributed by atoms with Gasteiger partial charge in [-0.25, -0.2) is 4.79 Å². The Bertz CT molecular complexity index is 461. The standard InChI is InChI=1S/C16H24N2O3/c1-2-18(13-7-8-13)11-9-17-10-12-21-15-6-4-3-5-14(15)16(19)20/h3-6,13,17H,2,7-12H2,1H3,(H,19,20). The third-order valence-corrected chi connectivity index (χ3v) is 3.70. The van der Waals surface area contributed by atoms with E-state index in [1.807, 2.05) is 0 Å². The number of carbonyl (C=O) groups is 1. The van der Waals surface area contributed by atoms with E-state index in [1.165, 1.54) is 12.8 Å². The van der Waals surface area contributed by atoms with Crippen molar-refractivity contribution in [1.82, 2.24) is 10.2 Å². The Morgan fingerprint density at radius 3 is 2.81 bits per heavy atom. The van der Waals surface area contributed by atoms with Gasteiger partial charge in [-0.05, 0) is 31.5 Å². The molecule has 0 spiro atoms. The van der Waals surface area contributed by atoms with Gasteiger partial charge >= 0.3 is 5.97 Å². The molecule has 0 aromatic heterocycles. The molecule has 0 atom stereocenters. The number of benzene rings is 1. The van der Waals surface area contributed by atoms with Crippen molar-refractivity contribution in [2.75, 3.05) is 32.8 Å². The van der Waals surface area contributed by atoms with Gasteiger partial charge < -0.3 is 15.2 Å². The van der Waals surface area contributed by atoms with Crippen LogP contribution in [0, 0.1) is 0 Å². The van der Waals surface area contributed by atoms with E-state index < -0.39 is 5.97 Å². The lowest BCUT2D eigenvalue weighted by molar-refractivity contribution is 0.0692. The highest BCUT2D eigenvalue weighted by molar-refractivity contribution is 5.90. The van der Waals surface area contributed by atoms with Crippen LogP contribution in [0.25, 0.3) is 0 Å². The molecule has 1 aliphatic carbocycles. The monoisotopic (exact) mass is 292 g/mol. The molecule has 1 aromatic rings. The first kappa shape index (κ1) is 15.8. The van der Waals surface area contributed by atoms with Crippen molar-refractivity contribution in [3.05, 3.63) is 29.8 Å². The highest BCUT2D eigenvalue weighted by Gasteiger charge is 2.26. The normalized spacial score (nSPS) is 14.4. The Morgan fingerprint density at radius 2 is 2.14 bits per heavy atom. The molecule has 5 nitrogen and oxygen atoms in total. The van der Waals surface area contributed by atoms with Crippen LogP contribution in [-0.4, -0.2) is 54.8 Å². The average molecular weight is 292 g/mol. The summed E-state index contributed by atoms with van der Waals surface area (Å²) < 4.78 is 5.53. The largest absolute Gasteiger partial charge is 0.491 e. The summed E-state index contributed by atoms with van der Waals surface area (Å²) in [6.45, 7) is 6.50. The predicted molar refractivity (Wildman–Crippen MR) is 82.0 cm³/mol. The van der Waals surface area contributed by atoms with Crippen molar-refractivity contribution in [3.63, 3.8) is 0 Å². The molecule has 1 aliphatic rings. The molecule has 2 rings (SSSR count). The highest BCUT2D eigenvalue weighted by Crippen LogP contribution is 2.25. The zero-order valence-corrected chi connectivity index (χ0v) is 12.5. The van der Waals surface area contributed by atoms with Crippen LogP contribution < -0.4 is 10.1 Å². The average Bonchev–Trinajstić information content (AvgIpc) is 3.31. The van der Waals surface area contributed by atoms with Gasteiger partial charge in [0.1, 0.15) is 17.9 Å². The Labute approximate surface area is 125 Å². The molecule has 1 saturated carbocycles. The lowest BCUT2D eigenvalue weighted by atomic mass is 10.2. The lowest BCUT2D eigenvalue weighted by Gasteiger charge is -2.19. The van der Waals surface area contributed by atoms with Crippen molar-refractivity contribution >= 4 is 5.97 Å². The van der Waals surface area contributed by atoms with Gasteiger partial charge in [-0.1, -0.05) is 19.1 Å². The maximum atomic E-state index is 11.0. The number of hydrogen-bond acceptors (Lipinski definition) is 4. The molecule has 0 bridgehead atoms. The number of nitrogens with zero attached hydrogens (tertiary/aromatic N) is 1. The van der Waals surface area contributed by atoms with Crippen LogP contribution in [0.2, 0.25) is 0 Å². The maximum Gasteiger partial charge on any atom is 0.339 e. The van der Waals surface area contributed by atoms with Gasteiger partial charge in [0, 0.05) is 25.7 Å². The number of carboxylic acid groups (broad SMARTS) is 1. The number of aromatic carboxylic acids is 1. The van der Waals surface area contributed by atoms with E-state index >= 15 is 0 Å². The third-order valence-electron chi connectivity index (χ3n) is 3.70. The molecule has 2 N–H and O–H groups in total. The zero-order chi connectivity index (χ0) is 15.1. The Morgan fingerprint density at radius 1 is 1.38 bits per heavy atom. The summed E-state index contributed by atoms with van der Waals surface area (Å²) in [6, 6.07) is 7.53. The first-order chi connectivity index (χ1) is 10.2. The van der Waals surface area contributed by atoms with Gasteiger partial charge in [-0.2, -0.15) is 0 Å². The molecule has 1 aromatic carbocycles. The molecule has 0 saturated heterocycles. The minimum atomic E-state index is -0.957. The first-order valence-electron chi connectivity index (χ1n) is 7.62. The number of nitrogens with one attached hydrogen (secondary N) is 1. The number of rotatable bonds is 10. The van der Waals surface area contributed by atoms with Crippen molar-refractivity contribution in [2.45, 2.75) is 25.8 Å². The summed E-state index contributed by atoms with van der Waals surface area (Å²) in [7, 11) is 0. The second-order valence-corrected chi connectivity index (χ2v) is 5.26. The molecule has 1 fully saturated rings. The molecule has 0 radical (unpaired) electrons. The number of ether oxygens (including phenoxy) is 1. The predicted octanol–water partition coefficient (Wildman–Crippen LogP) is 1.84. The minimum Gasteiger partial charge on any atom is -0.491 e. The number of hydrogen-bond donors (Lipinski definition) is 2. The molecule has 0 aliphatic heterocycles. The third kappa shape index (κ3) is 5.02. The van der Waals surface area contributed by atoms with Crippen molar-refractivity contribution in [3.8, 4) is 5.75 Å². The maximum absolute atomic E-state index is 11.0. The van der Waals surface area contributed by atoms with E-state index in [1.54, 1.807) is 24.3 Å². The Balaban J connectivity index is 1.62. The van der Waals surface area contributed by atoms with Gasteiger partial charge in [-0.15, -0.1) is 0 Å². The summed E-state index contributed by atoms with van der Waals surface area (Å²) in [5.41, 5.74) is 0.211. The van der Waals surface area contributed by atoms with Gasteiger partial charge in [-0.3, -0.25) is 4.90 Å². The fourth-order valence-corrected chi connectivity index (χ4v) is 2.39.